The highest BCUT2D eigenvalue weighted by molar-refractivity contribution is 6.10. The molecule has 31 heavy (non-hydrogen) atoms. The number of likely N-dealkylation sites (tertiary alicyclic amines) is 1. The molecule has 3 N–H and O–H groups in total. The second kappa shape index (κ2) is 9.80. The van der Waals surface area contributed by atoms with E-state index in [1.165, 1.54) is 37.0 Å². The maximum Gasteiger partial charge on any atom is 0.249 e. The van der Waals surface area contributed by atoms with Crippen molar-refractivity contribution in [2.45, 2.75) is 102 Å². The van der Waals surface area contributed by atoms with Gasteiger partial charge in [-0.3, -0.25) is 29.4 Å². The fourth-order valence-electron chi connectivity index (χ4n) is 6.63. The van der Waals surface area contributed by atoms with Gasteiger partial charge in [-0.05, 0) is 43.9 Å². The molecule has 2 aliphatic carbocycles. The Hall–Kier alpha value is -1.76. The van der Waals surface area contributed by atoms with Crippen molar-refractivity contribution in [2.24, 2.45) is 29.4 Å². The first kappa shape index (κ1) is 22.4. The number of nitrogens with zero attached hydrogens (tertiary/aromatic N) is 1. The Morgan fingerprint density at radius 3 is 2.06 bits per heavy atom. The van der Waals surface area contributed by atoms with Crippen molar-refractivity contribution in [3.05, 3.63) is 0 Å². The van der Waals surface area contributed by atoms with Crippen LogP contribution in [0.1, 0.15) is 89.9 Å². The van der Waals surface area contributed by atoms with E-state index in [0.717, 1.165) is 38.5 Å². The predicted molar refractivity (Wildman–Crippen MR) is 115 cm³/mol. The first-order valence-electron chi connectivity index (χ1n) is 12.4. The van der Waals surface area contributed by atoms with Crippen LogP contribution in [0.5, 0.6) is 0 Å². The molecule has 4 fully saturated rings. The highest BCUT2D eigenvalue weighted by Gasteiger charge is 2.57. The molecular weight excluding hydrogens is 394 g/mol. The average molecular weight is 432 g/mol. The van der Waals surface area contributed by atoms with Crippen molar-refractivity contribution in [3.63, 3.8) is 0 Å². The fourth-order valence-corrected chi connectivity index (χ4v) is 6.63. The SMILES string of the molecule is NC1CCCCCCCCCC1C1CCCC2C(=O)N(C3CCC(=O)NC3=O)C(=O)C21. The number of carbonyl (C=O) groups is 4. The molecule has 6 atom stereocenters. The number of rotatable bonds is 2. The number of nitrogens with two attached hydrogens (primary N) is 1. The van der Waals surface area contributed by atoms with Gasteiger partial charge in [0.2, 0.25) is 23.6 Å². The summed E-state index contributed by atoms with van der Waals surface area (Å²) in [4.78, 5) is 52.0. The molecule has 4 aliphatic rings. The third-order valence-corrected chi connectivity index (χ3v) is 8.22. The monoisotopic (exact) mass is 431 g/mol. The van der Waals surface area contributed by atoms with Crippen LogP contribution in [0, 0.1) is 23.7 Å². The number of imide groups is 2. The number of piperidine rings is 1. The molecule has 2 saturated carbocycles. The van der Waals surface area contributed by atoms with Gasteiger partial charge in [-0.2, -0.15) is 0 Å². The molecule has 0 aromatic heterocycles. The smallest absolute Gasteiger partial charge is 0.249 e. The van der Waals surface area contributed by atoms with Gasteiger partial charge in [0.15, 0.2) is 0 Å². The molecule has 2 heterocycles. The van der Waals surface area contributed by atoms with Crippen molar-refractivity contribution in [1.82, 2.24) is 10.2 Å². The molecule has 0 radical (unpaired) electrons. The number of nitrogens with one attached hydrogen (secondary N) is 1. The van der Waals surface area contributed by atoms with E-state index in [9.17, 15) is 19.2 Å². The molecule has 6 unspecified atom stereocenters. The van der Waals surface area contributed by atoms with Crippen molar-refractivity contribution in [3.8, 4) is 0 Å². The van der Waals surface area contributed by atoms with Gasteiger partial charge < -0.3 is 5.73 Å². The van der Waals surface area contributed by atoms with Crippen LogP contribution in [0.15, 0.2) is 0 Å². The topological polar surface area (TPSA) is 110 Å². The Labute approximate surface area is 184 Å². The highest BCUT2D eigenvalue weighted by atomic mass is 16.2. The van der Waals surface area contributed by atoms with E-state index in [1.807, 2.05) is 0 Å². The summed E-state index contributed by atoms with van der Waals surface area (Å²) in [5.41, 5.74) is 6.72. The van der Waals surface area contributed by atoms with Crippen LogP contribution in [0.2, 0.25) is 0 Å². The molecular formula is C24H37N3O4. The molecule has 0 bridgehead atoms. The Morgan fingerprint density at radius 1 is 0.710 bits per heavy atom. The van der Waals surface area contributed by atoms with Crippen LogP contribution in [0.4, 0.5) is 0 Å². The van der Waals surface area contributed by atoms with Gasteiger partial charge in [0.05, 0.1) is 11.8 Å². The van der Waals surface area contributed by atoms with Crippen molar-refractivity contribution in [1.29, 1.82) is 0 Å². The summed E-state index contributed by atoms with van der Waals surface area (Å²) in [6, 6.07) is -0.778. The number of hydrogen-bond donors (Lipinski definition) is 2. The highest BCUT2D eigenvalue weighted by Crippen LogP contribution is 2.48. The molecule has 0 aromatic carbocycles. The first-order chi connectivity index (χ1) is 15.0. The summed E-state index contributed by atoms with van der Waals surface area (Å²) in [5.74, 6) is -1.57. The maximum atomic E-state index is 13.6. The molecule has 7 nitrogen and oxygen atoms in total. The second-order valence-corrected chi connectivity index (χ2v) is 10.1. The van der Waals surface area contributed by atoms with Crippen LogP contribution < -0.4 is 11.1 Å². The van der Waals surface area contributed by atoms with E-state index >= 15 is 0 Å². The third-order valence-electron chi connectivity index (χ3n) is 8.22. The molecule has 0 aromatic rings. The van der Waals surface area contributed by atoms with Crippen LogP contribution in [0.3, 0.4) is 0 Å². The maximum absolute atomic E-state index is 13.6. The van der Waals surface area contributed by atoms with E-state index in [0.29, 0.717) is 6.42 Å². The lowest BCUT2D eigenvalue weighted by molar-refractivity contribution is -0.151. The Kier molecular flexibility index (Phi) is 7.09. The fraction of sp³-hybridized carbons (Fsp3) is 0.833. The quantitative estimate of drug-likeness (QED) is 0.653. The lowest BCUT2D eigenvalue weighted by atomic mass is 9.65. The summed E-state index contributed by atoms with van der Waals surface area (Å²) in [6.45, 7) is 0. The number of hydrogen-bond acceptors (Lipinski definition) is 5. The lowest BCUT2D eigenvalue weighted by Crippen LogP contribution is -2.54. The molecule has 172 valence electrons. The zero-order valence-corrected chi connectivity index (χ0v) is 18.5. The van der Waals surface area contributed by atoms with E-state index in [-0.39, 0.29) is 60.3 Å². The molecule has 2 aliphatic heterocycles. The average Bonchev–Trinajstić information content (AvgIpc) is 2.97. The minimum absolute atomic E-state index is 0.0643. The van der Waals surface area contributed by atoms with Gasteiger partial charge in [-0.15, -0.1) is 0 Å². The lowest BCUT2D eigenvalue weighted by Gasteiger charge is -2.39. The van der Waals surface area contributed by atoms with E-state index in [1.54, 1.807) is 0 Å². The summed E-state index contributed by atoms with van der Waals surface area (Å²) in [7, 11) is 0. The first-order valence-corrected chi connectivity index (χ1v) is 12.4. The minimum Gasteiger partial charge on any atom is -0.327 e. The van der Waals surface area contributed by atoms with E-state index in [2.05, 4.69) is 5.32 Å². The third kappa shape index (κ3) is 4.57. The van der Waals surface area contributed by atoms with Gasteiger partial charge >= 0.3 is 0 Å². The number of amides is 4. The van der Waals surface area contributed by atoms with Crippen LogP contribution in [0.25, 0.3) is 0 Å². The second-order valence-electron chi connectivity index (χ2n) is 10.1. The standard InChI is InChI=1S/C24H37N3O4/c25-18-12-7-5-3-1-2-4-6-9-15(18)16-10-8-11-17-21(16)24(31)27(23(17)30)19-13-14-20(28)26-22(19)29/h15-19,21H,1-14,25H2,(H,26,28,29). The molecule has 7 heteroatoms. The van der Waals surface area contributed by atoms with Crippen molar-refractivity contribution < 1.29 is 19.2 Å². The van der Waals surface area contributed by atoms with E-state index < -0.39 is 11.9 Å². The molecule has 2 saturated heterocycles. The van der Waals surface area contributed by atoms with Crippen molar-refractivity contribution >= 4 is 23.6 Å². The Morgan fingerprint density at radius 2 is 1.35 bits per heavy atom. The van der Waals surface area contributed by atoms with Gasteiger partial charge in [0, 0.05) is 12.5 Å². The minimum atomic E-state index is -0.842. The largest absolute Gasteiger partial charge is 0.327 e. The molecule has 4 rings (SSSR count). The number of fused-ring (bicyclic) bond motifs is 1. The van der Waals surface area contributed by atoms with Gasteiger partial charge in [0.1, 0.15) is 6.04 Å². The molecule has 0 spiro atoms. The summed E-state index contributed by atoms with van der Waals surface area (Å²) >= 11 is 0. The van der Waals surface area contributed by atoms with Crippen LogP contribution >= 0.6 is 0 Å². The number of carbonyl (C=O) groups excluding carboxylic acids is 4. The summed E-state index contributed by atoms with van der Waals surface area (Å²) in [6.07, 6.45) is 13.5. The van der Waals surface area contributed by atoms with Gasteiger partial charge in [-0.25, -0.2) is 0 Å². The predicted octanol–water partition coefficient (Wildman–Crippen LogP) is 2.66. The van der Waals surface area contributed by atoms with Crippen molar-refractivity contribution in [2.75, 3.05) is 0 Å². The zero-order valence-electron chi connectivity index (χ0n) is 18.5. The normalized spacial score (nSPS) is 38.4. The molecule has 4 amide bonds. The van der Waals surface area contributed by atoms with Crippen LogP contribution in [-0.4, -0.2) is 40.6 Å². The Bertz CT molecular complexity index is 724. The zero-order chi connectivity index (χ0) is 22.0. The summed E-state index contributed by atoms with van der Waals surface area (Å²) in [5, 5.41) is 2.30. The Balaban J connectivity index is 1.55. The van der Waals surface area contributed by atoms with E-state index in [4.69, 9.17) is 5.73 Å². The van der Waals surface area contributed by atoms with Gasteiger partial charge in [-0.1, -0.05) is 51.4 Å². The van der Waals surface area contributed by atoms with Gasteiger partial charge in [0.25, 0.3) is 0 Å². The van der Waals surface area contributed by atoms with Crippen LogP contribution in [-0.2, 0) is 19.2 Å². The summed E-state index contributed by atoms with van der Waals surface area (Å²) < 4.78 is 0.